The normalized spacial score (nSPS) is 12.0. The highest BCUT2D eigenvalue weighted by atomic mass is 16.6. The molecule has 7 nitrogen and oxygen atoms in total. The maximum atomic E-state index is 11.4. The van der Waals surface area contributed by atoms with Gasteiger partial charge in [0.2, 0.25) is 0 Å². The Morgan fingerprint density at radius 3 is 3.00 bits per heavy atom. The summed E-state index contributed by atoms with van der Waals surface area (Å²) in [6, 6.07) is 1.72. The van der Waals surface area contributed by atoms with Crippen molar-refractivity contribution in [3.8, 4) is 0 Å². The topological polar surface area (TPSA) is 97.2 Å². The summed E-state index contributed by atoms with van der Waals surface area (Å²) >= 11 is 0. The molecule has 0 aliphatic heterocycles. The van der Waals surface area contributed by atoms with E-state index in [4.69, 9.17) is 9.15 Å². The molecule has 0 fully saturated rings. The van der Waals surface area contributed by atoms with Crippen molar-refractivity contribution in [1.82, 2.24) is 15.3 Å². The van der Waals surface area contributed by atoms with E-state index in [2.05, 4.69) is 15.3 Å². The van der Waals surface area contributed by atoms with Crippen LogP contribution in [0.15, 0.2) is 27.6 Å². The maximum Gasteiger partial charge on any atom is 0.418 e. The number of hydrogen-bond donors (Lipinski definition) is 2. The van der Waals surface area contributed by atoms with E-state index in [9.17, 15) is 9.59 Å². The van der Waals surface area contributed by atoms with Gasteiger partial charge in [-0.1, -0.05) is 12.2 Å². The van der Waals surface area contributed by atoms with Gasteiger partial charge in [0.15, 0.2) is 11.2 Å². The average Bonchev–Trinajstić information content (AvgIpc) is 2.75. The van der Waals surface area contributed by atoms with Crippen molar-refractivity contribution in [2.45, 2.75) is 32.8 Å². The molecule has 0 aliphatic carbocycles. The maximum absolute atomic E-state index is 11.4. The second-order valence-corrected chi connectivity index (χ2v) is 5.75. The Labute approximate surface area is 127 Å². The molecule has 7 heteroatoms. The lowest BCUT2D eigenvalue weighted by Crippen LogP contribution is -2.32. The number of pyridine rings is 1. The number of nitrogens with zero attached hydrogens (tertiary/aromatic N) is 1. The van der Waals surface area contributed by atoms with Crippen molar-refractivity contribution in [2.24, 2.45) is 0 Å². The third-order valence-electron chi connectivity index (χ3n) is 2.59. The second kappa shape index (κ2) is 6.46. The predicted octanol–water partition coefficient (Wildman–Crippen LogP) is 2.44. The minimum Gasteiger partial charge on any atom is -0.444 e. The smallest absolute Gasteiger partial charge is 0.418 e. The molecule has 118 valence electrons. The Morgan fingerprint density at radius 1 is 1.50 bits per heavy atom. The molecule has 0 radical (unpaired) electrons. The Morgan fingerprint density at radius 2 is 2.27 bits per heavy atom. The number of carbonyl (C=O) groups excluding carboxylic acids is 1. The van der Waals surface area contributed by atoms with Crippen LogP contribution in [0.1, 0.15) is 32.8 Å². The summed E-state index contributed by atoms with van der Waals surface area (Å²) in [7, 11) is 0. The highest BCUT2D eigenvalue weighted by Crippen LogP contribution is 2.10. The van der Waals surface area contributed by atoms with Crippen molar-refractivity contribution in [1.29, 1.82) is 0 Å². The first-order valence-electron chi connectivity index (χ1n) is 6.96. The van der Waals surface area contributed by atoms with Crippen LogP contribution in [-0.2, 0) is 4.74 Å². The molecule has 2 rings (SSSR count). The summed E-state index contributed by atoms with van der Waals surface area (Å²) < 4.78 is 10.1. The Bertz CT molecular complexity index is 737. The molecule has 0 unspecified atom stereocenters. The van der Waals surface area contributed by atoms with E-state index in [1.807, 2.05) is 32.9 Å². The molecule has 22 heavy (non-hydrogen) atoms. The number of oxazole rings is 1. The standard InChI is InChI=1S/C15H19N3O4/c1-15(2,3)22-13(19)16-7-5-4-6-10-8-11-12(17-9-10)18-14(20)21-11/h4,6,8-9H,5,7H2,1-3H3,(H,16,19)(H,17,18,20). The highest BCUT2D eigenvalue weighted by Gasteiger charge is 2.15. The SMILES string of the molecule is CC(C)(C)OC(=O)NCCC=Cc1cnc2[nH]c(=O)oc2c1. The van der Waals surface area contributed by atoms with E-state index in [1.54, 1.807) is 12.3 Å². The van der Waals surface area contributed by atoms with Crippen molar-refractivity contribution < 1.29 is 13.9 Å². The van der Waals surface area contributed by atoms with Gasteiger partial charge in [0.25, 0.3) is 0 Å². The van der Waals surface area contributed by atoms with Crippen molar-refractivity contribution >= 4 is 23.4 Å². The van der Waals surface area contributed by atoms with Crippen LogP contribution in [0, 0.1) is 0 Å². The zero-order valence-corrected chi connectivity index (χ0v) is 12.8. The van der Waals surface area contributed by atoms with Gasteiger partial charge in [0, 0.05) is 12.7 Å². The van der Waals surface area contributed by atoms with Gasteiger partial charge < -0.3 is 14.5 Å². The van der Waals surface area contributed by atoms with Crippen LogP contribution in [0.2, 0.25) is 0 Å². The first-order chi connectivity index (χ1) is 10.3. The number of alkyl carbamates (subject to hydrolysis) is 1. The summed E-state index contributed by atoms with van der Waals surface area (Å²) in [5.74, 6) is -0.523. The summed E-state index contributed by atoms with van der Waals surface area (Å²) in [4.78, 5) is 29.0. The molecular formula is C15H19N3O4. The van der Waals surface area contributed by atoms with E-state index in [-0.39, 0.29) is 0 Å². The molecule has 2 aromatic rings. The van der Waals surface area contributed by atoms with Crippen molar-refractivity contribution in [2.75, 3.05) is 6.54 Å². The fourth-order valence-corrected chi connectivity index (χ4v) is 1.74. The van der Waals surface area contributed by atoms with Crippen LogP contribution in [0.4, 0.5) is 4.79 Å². The van der Waals surface area contributed by atoms with Gasteiger partial charge >= 0.3 is 11.8 Å². The fraction of sp³-hybridized carbons (Fsp3) is 0.400. The fourth-order valence-electron chi connectivity index (χ4n) is 1.74. The van der Waals surface area contributed by atoms with Gasteiger partial charge in [-0.05, 0) is 38.8 Å². The van der Waals surface area contributed by atoms with Crippen molar-refractivity contribution in [3.63, 3.8) is 0 Å². The van der Waals surface area contributed by atoms with Gasteiger partial charge in [0.05, 0.1) is 0 Å². The lowest BCUT2D eigenvalue weighted by atomic mass is 10.2. The van der Waals surface area contributed by atoms with Crippen LogP contribution in [0.3, 0.4) is 0 Å². The van der Waals surface area contributed by atoms with Gasteiger partial charge in [-0.25, -0.2) is 14.6 Å². The Balaban J connectivity index is 1.81. The molecule has 1 amide bonds. The molecule has 0 saturated carbocycles. The number of aromatic nitrogens is 2. The molecule has 2 heterocycles. The molecule has 0 atom stereocenters. The molecule has 0 aromatic carbocycles. The van der Waals surface area contributed by atoms with Crippen molar-refractivity contribution in [3.05, 3.63) is 34.5 Å². The minimum atomic E-state index is -0.523. The van der Waals surface area contributed by atoms with Gasteiger partial charge in [0.1, 0.15) is 5.60 Å². The van der Waals surface area contributed by atoms with E-state index in [1.165, 1.54) is 0 Å². The second-order valence-electron chi connectivity index (χ2n) is 5.75. The third-order valence-corrected chi connectivity index (χ3v) is 2.59. The summed E-state index contributed by atoms with van der Waals surface area (Å²) in [5, 5.41) is 2.67. The molecule has 0 bridgehead atoms. The number of aromatic amines is 1. The Kier molecular flexibility index (Phi) is 4.65. The van der Waals surface area contributed by atoms with Crippen LogP contribution < -0.4 is 11.1 Å². The van der Waals surface area contributed by atoms with E-state index < -0.39 is 17.5 Å². The first-order valence-corrected chi connectivity index (χ1v) is 6.96. The average molecular weight is 305 g/mol. The quantitative estimate of drug-likeness (QED) is 0.846. The van der Waals surface area contributed by atoms with E-state index in [0.29, 0.717) is 24.2 Å². The van der Waals surface area contributed by atoms with Crippen LogP contribution in [0.5, 0.6) is 0 Å². The van der Waals surface area contributed by atoms with Gasteiger partial charge in [-0.15, -0.1) is 0 Å². The monoisotopic (exact) mass is 305 g/mol. The largest absolute Gasteiger partial charge is 0.444 e. The van der Waals surface area contributed by atoms with E-state index >= 15 is 0 Å². The van der Waals surface area contributed by atoms with Crippen LogP contribution >= 0.6 is 0 Å². The molecule has 0 saturated heterocycles. The summed E-state index contributed by atoms with van der Waals surface area (Å²) in [6.07, 6.45) is 5.58. The van der Waals surface area contributed by atoms with Gasteiger partial charge in [-0.2, -0.15) is 0 Å². The Hall–Kier alpha value is -2.57. The number of ether oxygens (including phenoxy) is 1. The van der Waals surface area contributed by atoms with E-state index in [0.717, 1.165) is 5.56 Å². The summed E-state index contributed by atoms with van der Waals surface area (Å²) in [5.41, 5.74) is 1.15. The number of amides is 1. The number of nitrogens with one attached hydrogen (secondary N) is 2. The number of H-pyrrole nitrogens is 1. The van der Waals surface area contributed by atoms with Crippen LogP contribution in [0.25, 0.3) is 17.3 Å². The number of rotatable bonds is 4. The minimum absolute atomic E-state index is 0.416. The first kappa shape index (κ1) is 15.8. The highest BCUT2D eigenvalue weighted by molar-refractivity contribution is 5.70. The molecule has 0 aliphatic rings. The zero-order chi connectivity index (χ0) is 16.2. The summed E-state index contributed by atoms with van der Waals surface area (Å²) in [6.45, 7) is 5.92. The number of carbonyl (C=O) groups is 1. The van der Waals surface area contributed by atoms with Gasteiger partial charge in [-0.3, -0.25) is 4.98 Å². The molecule has 2 aromatic heterocycles. The number of fused-ring (bicyclic) bond motifs is 1. The number of hydrogen-bond acceptors (Lipinski definition) is 5. The lowest BCUT2D eigenvalue weighted by Gasteiger charge is -2.19. The predicted molar refractivity (Wildman–Crippen MR) is 82.5 cm³/mol. The lowest BCUT2D eigenvalue weighted by molar-refractivity contribution is 0.0529. The zero-order valence-electron chi connectivity index (χ0n) is 12.8. The molecular weight excluding hydrogens is 286 g/mol. The third kappa shape index (κ3) is 4.76. The van der Waals surface area contributed by atoms with Crippen LogP contribution in [-0.4, -0.2) is 28.2 Å². The molecule has 0 spiro atoms. The molecule has 2 N–H and O–H groups in total.